The maximum absolute atomic E-state index is 13.7. The van der Waals surface area contributed by atoms with Crippen LogP contribution in [0.4, 0.5) is 27.5 Å². The van der Waals surface area contributed by atoms with Crippen LogP contribution in [0.25, 0.3) is 0 Å². The number of amides is 2. The highest BCUT2D eigenvalue weighted by Gasteiger charge is 2.34. The number of nitrogens with two attached hydrogens (primary N) is 1. The van der Waals surface area contributed by atoms with Crippen LogP contribution in [0.2, 0.25) is 0 Å². The minimum absolute atomic E-state index is 0.429. The third-order valence-corrected chi connectivity index (χ3v) is 7.71. The fraction of sp³-hybridized carbons (Fsp3) is 0.286. The van der Waals surface area contributed by atoms with E-state index in [1.807, 2.05) is 61.3 Å². The Balaban J connectivity index is 1.95. The summed E-state index contributed by atoms with van der Waals surface area (Å²) in [5.74, 6) is 0. The van der Waals surface area contributed by atoms with Crippen molar-refractivity contribution in [1.82, 2.24) is 4.90 Å². The van der Waals surface area contributed by atoms with Gasteiger partial charge >= 0.3 is 6.03 Å². The van der Waals surface area contributed by atoms with Gasteiger partial charge in [-0.25, -0.2) is 4.79 Å². The molecule has 0 aliphatic heterocycles. The van der Waals surface area contributed by atoms with Crippen LogP contribution < -0.4 is 25.3 Å². The first-order valence-corrected chi connectivity index (χ1v) is 14.1. The predicted octanol–water partition coefficient (Wildman–Crippen LogP) is 6.21. The van der Waals surface area contributed by atoms with Crippen LogP contribution in [0, 0.1) is 0 Å². The summed E-state index contributed by atoms with van der Waals surface area (Å²) in [6.07, 6.45) is 0. The summed E-state index contributed by atoms with van der Waals surface area (Å²) in [6.45, 7) is 0. The van der Waals surface area contributed by atoms with E-state index in [2.05, 4.69) is 117 Å². The van der Waals surface area contributed by atoms with Gasteiger partial charge in [0.15, 0.2) is 0 Å². The summed E-state index contributed by atoms with van der Waals surface area (Å²) in [4.78, 5) is 23.8. The van der Waals surface area contributed by atoms with Crippen LogP contribution >= 0.6 is 0 Å². The zero-order valence-electron chi connectivity index (χ0n) is 26.1. The maximum atomic E-state index is 13.7. The van der Waals surface area contributed by atoms with Crippen LogP contribution in [-0.2, 0) is 0 Å². The van der Waals surface area contributed by atoms with Gasteiger partial charge in [-0.15, -0.1) is 0 Å². The van der Waals surface area contributed by atoms with Crippen LogP contribution in [0.5, 0.6) is 0 Å². The van der Waals surface area contributed by atoms with Gasteiger partial charge < -0.3 is 30.2 Å². The lowest BCUT2D eigenvalue weighted by Crippen LogP contribution is -2.42. The molecule has 2 N–H and O–H groups in total. The molecule has 0 saturated heterocycles. The van der Waals surface area contributed by atoms with E-state index < -0.39 is 18.1 Å². The van der Waals surface area contributed by atoms with E-state index in [0.29, 0.717) is 0 Å². The average Bonchev–Trinajstić information content (AvgIpc) is 2.97. The van der Waals surface area contributed by atoms with Gasteiger partial charge in [0, 0.05) is 79.1 Å². The normalized spacial score (nSPS) is 11.0. The Labute approximate surface area is 251 Å². The number of urea groups is 1. The van der Waals surface area contributed by atoms with Crippen LogP contribution in [0.3, 0.4) is 0 Å². The van der Waals surface area contributed by atoms with Crippen LogP contribution in [0.1, 0.15) is 34.3 Å². The first kappa shape index (κ1) is 30.3. The number of nitrogens with zero attached hydrogens (tertiary/aromatic N) is 5. The molecular weight excluding hydrogens is 520 g/mol. The fourth-order valence-corrected chi connectivity index (χ4v) is 5.25. The molecular formula is C35H44N6O. The molecule has 0 aliphatic carbocycles. The van der Waals surface area contributed by atoms with E-state index in [-0.39, 0.29) is 0 Å². The van der Waals surface area contributed by atoms with Crippen molar-refractivity contribution in [2.75, 3.05) is 76.0 Å². The third-order valence-electron chi connectivity index (χ3n) is 7.71. The highest BCUT2D eigenvalue weighted by molar-refractivity contribution is 5.75. The topological polar surface area (TPSA) is 59.3 Å². The molecule has 4 aromatic carbocycles. The molecule has 0 radical (unpaired) electrons. The largest absolute Gasteiger partial charge is 0.378 e. The third kappa shape index (κ3) is 6.62. The first-order chi connectivity index (χ1) is 20.0. The maximum Gasteiger partial charge on any atom is 0.316 e. The Morgan fingerprint density at radius 1 is 0.429 bits per heavy atom. The molecule has 0 aliphatic rings. The Morgan fingerprint density at radius 2 is 0.619 bits per heavy atom. The van der Waals surface area contributed by atoms with Crippen molar-refractivity contribution in [1.29, 1.82) is 0 Å². The first-order valence-electron chi connectivity index (χ1n) is 14.1. The number of anilines is 4. The van der Waals surface area contributed by atoms with E-state index in [1.165, 1.54) is 0 Å². The van der Waals surface area contributed by atoms with Crippen molar-refractivity contribution in [3.63, 3.8) is 0 Å². The number of hydrogen-bond acceptors (Lipinski definition) is 5. The van der Waals surface area contributed by atoms with Crippen LogP contribution in [0.15, 0.2) is 97.1 Å². The molecule has 0 atom stereocenters. The standard InChI is InChI=1S/C35H44N6O/c1-37(2)29-17-9-25(10-18-29)33(26-11-19-30(20-12-26)38(3)4)41(35(36)42)34(27-13-21-31(22-14-27)39(5)6)28-15-23-32(24-16-28)40(7)8/h9-24,33-34H,1-8H3,(H2,36,42). The van der Waals surface area contributed by atoms with E-state index in [4.69, 9.17) is 5.73 Å². The van der Waals surface area contributed by atoms with Gasteiger partial charge in [-0.3, -0.25) is 0 Å². The minimum atomic E-state index is -0.494. The molecule has 2 amide bonds. The molecule has 0 heterocycles. The van der Waals surface area contributed by atoms with Crippen molar-refractivity contribution in [2.24, 2.45) is 5.73 Å². The molecule has 7 heteroatoms. The Hall–Kier alpha value is -4.65. The second-order valence-corrected chi connectivity index (χ2v) is 11.5. The van der Waals surface area contributed by atoms with Gasteiger partial charge in [-0.2, -0.15) is 0 Å². The van der Waals surface area contributed by atoms with Crippen molar-refractivity contribution in [2.45, 2.75) is 12.1 Å². The predicted molar refractivity (Wildman–Crippen MR) is 178 cm³/mol. The second kappa shape index (κ2) is 12.9. The fourth-order valence-electron chi connectivity index (χ4n) is 5.25. The average molecular weight is 565 g/mol. The van der Waals surface area contributed by atoms with Gasteiger partial charge in [0.1, 0.15) is 0 Å². The number of rotatable bonds is 10. The zero-order valence-corrected chi connectivity index (χ0v) is 26.1. The van der Waals surface area contributed by atoms with Gasteiger partial charge in [0.25, 0.3) is 0 Å². The zero-order chi connectivity index (χ0) is 30.6. The molecule has 0 fully saturated rings. The molecule has 42 heavy (non-hydrogen) atoms. The smallest absolute Gasteiger partial charge is 0.316 e. The monoisotopic (exact) mass is 564 g/mol. The lowest BCUT2D eigenvalue weighted by molar-refractivity contribution is 0.176. The Bertz CT molecular complexity index is 1230. The SMILES string of the molecule is CN(C)c1ccc(C(c2ccc(N(C)C)cc2)N(C(N)=O)C(c2ccc(N(C)C)cc2)c2ccc(N(C)C)cc2)cc1. The molecule has 0 unspecified atom stereocenters. The van der Waals surface area contributed by atoms with E-state index >= 15 is 0 Å². The Kier molecular flexibility index (Phi) is 9.31. The summed E-state index contributed by atoms with van der Waals surface area (Å²) >= 11 is 0. The molecule has 220 valence electrons. The molecule has 0 saturated carbocycles. The highest BCUT2D eigenvalue weighted by Crippen LogP contribution is 2.40. The molecule has 0 aromatic heterocycles. The van der Waals surface area contributed by atoms with Crippen molar-refractivity contribution in [3.05, 3.63) is 119 Å². The second-order valence-electron chi connectivity index (χ2n) is 11.5. The molecule has 4 rings (SSSR count). The van der Waals surface area contributed by atoms with E-state index in [1.54, 1.807) is 0 Å². The summed E-state index contributed by atoms with van der Waals surface area (Å²) < 4.78 is 0. The van der Waals surface area contributed by atoms with Crippen molar-refractivity contribution in [3.8, 4) is 0 Å². The van der Waals surface area contributed by atoms with Crippen LogP contribution in [-0.4, -0.2) is 67.3 Å². The number of benzene rings is 4. The number of primary amides is 1. The number of hydrogen-bond donors (Lipinski definition) is 1. The highest BCUT2D eigenvalue weighted by atomic mass is 16.2. The van der Waals surface area contributed by atoms with E-state index in [9.17, 15) is 4.79 Å². The minimum Gasteiger partial charge on any atom is -0.378 e. The lowest BCUT2D eigenvalue weighted by atomic mass is 9.90. The molecule has 0 bridgehead atoms. The molecule has 0 spiro atoms. The molecule has 7 nitrogen and oxygen atoms in total. The summed E-state index contributed by atoms with van der Waals surface area (Å²) in [5.41, 5.74) is 14.6. The van der Waals surface area contributed by atoms with Crippen molar-refractivity contribution < 1.29 is 4.79 Å². The summed E-state index contributed by atoms with van der Waals surface area (Å²) in [5, 5.41) is 0. The summed E-state index contributed by atoms with van der Waals surface area (Å²) in [6, 6.07) is 32.1. The lowest BCUT2D eigenvalue weighted by Gasteiger charge is -2.39. The number of carbonyl (C=O) groups is 1. The van der Waals surface area contributed by atoms with Gasteiger partial charge in [-0.05, 0) is 70.8 Å². The number of carbonyl (C=O) groups excluding carboxylic acids is 1. The van der Waals surface area contributed by atoms with Gasteiger partial charge in [-0.1, -0.05) is 48.5 Å². The Morgan fingerprint density at radius 3 is 0.762 bits per heavy atom. The summed E-state index contributed by atoms with van der Waals surface area (Å²) in [7, 11) is 16.2. The quantitative estimate of drug-likeness (QED) is 0.248. The molecule has 4 aromatic rings. The van der Waals surface area contributed by atoms with E-state index in [0.717, 1.165) is 45.0 Å². The van der Waals surface area contributed by atoms with Gasteiger partial charge in [0.2, 0.25) is 0 Å². The van der Waals surface area contributed by atoms with Gasteiger partial charge in [0.05, 0.1) is 12.1 Å². The van der Waals surface area contributed by atoms with Crippen molar-refractivity contribution >= 4 is 28.8 Å².